The summed E-state index contributed by atoms with van der Waals surface area (Å²) < 4.78 is 1.96. The van der Waals surface area contributed by atoms with Gasteiger partial charge in [0, 0.05) is 39.1 Å². The Hall–Kier alpha value is -1.57. The molecule has 1 aromatic heterocycles. The van der Waals surface area contributed by atoms with Gasteiger partial charge in [-0.05, 0) is 29.0 Å². The lowest BCUT2D eigenvalue weighted by Gasteiger charge is -2.24. The van der Waals surface area contributed by atoms with E-state index < -0.39 is 0 Å². The van der Waals surface area contributed by atoms with E-state index in [1.165, 1.54) is 17.5 Å². The molecule has 0 atom stereocenters. The molecule has 0 aliphatic carbocycles. The molecular weight excluding hydrogens is 425 g/mol. The number of hydrogen-bond donors (Lipinski definition) is 1. The fourth-order valence-corrected chi connectivity index (χ4v) is 3.25. The first-order valence-corrected chi connectivity index (χ1v) is 8.57. The van der Waals surface area contributed by atoms with Crippen LogP contribution >= 0.6 is 24.0 Å². The number of likely N-dealkylation sites (tertiary alicyclic amines) is 1. The summed E-state index contributed by atoms with van der Waals surface area (Å²) in [6.45, 7) is 8.34. The van der Waals surface area contributed by atoms with Crippen molar-refractivity contribution in [1.82, 2.24) is 20.0 Å². The quantitative estimate of drug-likeness (QED) is 0.439. The number of guanidine groups is 1. The Labute approximate surface area is 167 Å². The van der Waals surface area contributed by atoms with Crippen molar-refractivity contribution in [3.05, 3.63) is 53.9 Å². The molecule has 0 bridgehead atoms. The highest BCUT2D eigenvalue weighted by atomic mass is 127. The molecule has 3 rings (SSSR count). The van der Waals surface area contributed by atoms with E-state index in [1.54, 1.807) is 0 Å². The largest absolute Gasteiger partial charge is 0.352 e. The van der Waals surface area contributed by atoms with Gasteiger partial charge in [0.2, 0.25) is 0 Å². The molecule has 0 unspecified atom stereocenters. The van der Waals surface area contributed by atoms with Crippen LogP contribution in [0.2, 0.25) is 0 Å². The van der Waals surface area contributed by atoms with Crippen molar-refractivity contribution in [3.63, 3.8) is 0 Å². The van der Waals surface area contributed by atoms with Gasteiger partial charge < -0.3 is 10.2 Å². The van der Waals surface area contributed by atoms with Crippen LogP contribution in [-0.4, -0.2) is 40.8 Å². The van der Waals surface area contributed by atoms with Crippen molar-refractivity contribution < 1.29 is 0 Å². The number of aliphatic imine (C=N–C) groups is 1. The summed E-state index contributed by atoms with van der Waals surface area (Å²) in [7, 11) is 1.86. The highest BCUT2D eigenvalue weighted by Crippen LogP contribution is 2.28. The number of nitrogens with zero attached hydrogens (tertiary/aromatic N) is 4. The topological polar surface area (TPSA) is 45.5 Å². The standard InChI is InChI=1S/C19H27N5.HI/c1-19(2)9-12-23(15-19)18(20-3)21-13-16-7-4-5-8-17(16)14-24-11-6-10-22-24;/h4-8,10-11H,9,12-15H2,1-3H3,(H,20,21);1H. The van der Waals surface area contributed by atoms with Crippen LogP contribution in [0.15, 0.2) is 47.7 Å². The molecule has 5 nitrogen and oxygen atoms in total. The summed E-state index contributed by atoms with van der Waals surface area (Å²) >= 11 is 0. The molecule has 0 saturated carbocycles. The number of benzene rings is 1. The van der Waals surface area contributed by atoms with Gasteiger partial charge in [0.1, 0.15) is 0 Å². The maximum absolute atomic E-state index is 4.47. The molecular formula is C19H28IN5. The van der Waals surface area contributed by atoms with Crippen LogP contribution in [0, 0.1) is 5.41 Å². The van der Waals surface area contributed by atoms with Gasteiger partial charge in [-0.15, -0.1) is 24.0 Å². The minimum Gasteiger partial charge on any atom is -0.352 e. The van der Waals surface area contributed by atoms with Gasteiger partial charge in [-0.3, -0.25) is 9.67 Å². The molecule has 2 aromatic rings. The second-order valence-electron chi connectivity index (χ2n) is 7.21. The molecule has 1 aromatic carbocycles. The van der Waals surface area contributed by atoms with Crippen LogP contribution < -0.4 is 5.32 Å². The summed E-state index contributed by atoms with van der Waals surface area (Å²) in [5, 5.41) is 7.84. The first kappa shape index (κ1) is 19.8. The van der Waals surface area contributed by atoms with Crippen molar-refractivity contribution in [1.29, 1.82) is 0 Å². The molecule has 25 heavy (non-hydrogen) atoms. The van der Waals surface area contributed by atoms with Crippen LogP contribution in [0.25, 0.3) is 0 Å². The molecule has 0 spiro atoms. The summed E-state index contributed by atoms with van der Waals surface area (Å²) in [5.41, 5.74) is 2.94. The highest BCUT2D eigenvalue weighted by molar-refractivity contribution is 14.0. The van der Waals surface area contributed by atoms with E-state index in [0.717, 1.165) is 32.1 Å². The van der Waals surface area contributed by atoms with Gasteiger partial charge in [0.15, 0.2) is 5.96 Å². The van der Waals surface area contributed by atoms with E-state index in [0.29, 0.717) is 5.41 Å². The van der Waals surface area contributed by atoms with E-state index in [-0.39, 0.29) is 24.0 Å². The summed E-state index contributed by atoms with van der Waals surface area (Å²) in [5.74, 6) is 0.995. The molecule has 1 saturated heterocycles. The summed E-state index contributed by atoms with van der Waals surface area (Å²) in [4.78, 5) is 6.83. The predicted molar refractivity (Wildman–Crippen MR) is 113 cm³/mol. The third kappa shape index (κ3) is 5.20. The number of aromatic nitrogens is 2. The Bertz CT molecular complexity index is 694. The molecule has 1 N–H and O–H groups in total. The Morgan fingerprint density at radius 1 is 1.24 bits per heavy atom. The molecule has 136 valence electrons. The minimum absolute atomic E-state index is 0. The van der Waals surface area contributed by atoms with Gasteiger partial charge in [-0.25, -0.2) is 0 Å². The third-order valence-electron chi connectivity index (χ3n) is 4.64. The normalized spacial score (nSPS) is 16.6. The Morgan fingerprint density at radius 3 is 2.60 bits per heavy atom. The van der Waals surface area contributed by atoms with Crippen molar-refractivity contribution in [3.8, 4) is 0 Å². The van der Waals surface area contributed by atoms with Gasteiger partial charge in [-0.1, -0.05) is 38.1 Å². The zero-order chi connectivity index (χ0) is 17.0. The number of hydrogen-bond acceptors (Lipinski definition) is 2. The van der Waals surface area contributed by atoms with Gasteiger partial charge in [0.05, 0.1) is 6.54 Å². The smallest absolute Gasteiger partial charge is 0.193 e. The maximum Gasteiger partial charge on any atom is 0.193 e. The average Bonchev–Trinajstić information content (AvgIpc) is 3.19. The highest BCUT2D eigenvalue weighted by Gasteiger charge is 2.30. The van der Waals surface area contributed by atoms with E-state index in [9.17, 15) is 0 Å². The summed E-state index contributed by atoms with van der Waals surface area (Å²) in [6, 6.07) is 10.5. The predicted octanol–water partition coefficient (Wildman–Crippen LogP) is 3.36. The van der Waals surface area contributed by atoms with E-state index in [1.807, 2.05) is 30.2 Å². The molecule has 1 aliphatic rings. The van der Waals surface area contributed by atoms with E-state index in [4.69, 9.17) is 0 Å². The second kappa shape index (κ2) is 8.69. The van der Waals surface area contributed by atoms with Crippen LogP contribution in [0.1, 0.15) is 31.4 Å². The lowest BCUT2D eigenvalue weighted by atomic mass is 9.93. The molecule has 1 fully saturated rings. The van der Waals surface area contributed by atoms with Crippen LogP contribution in [0.4, 0.5) is 0 Å². The van der Waals surface area contributed by atoms with Crippen LogP contribution in [0.5, 0.6) is 0 Å². The fraction of sp³-hybridized carbons (Fsp3) is 0.474. The molecule has 1 aliphatic heterocycles. The van der Waals surface area contributed by atoms with Gasteiger partial charge in [0.25, 0.3) is 0 Å². The van der Waals surface area contributed by atoms with Gasteiger partial charge in [-0.2, -0.15) is 5.10 Å². The maximum atomic E-state index is 4.47. The number of nitrogens with one attached hydrogen (secondary N) is 1. The van der Waals surface area contributed by atoms with E-state index >= 15 is 0 Å². The van der Waals surface area contributed by atoms with Crippen molar-refractivity contribution in [2.45, 2.75) is 33.4 Å². The number of halogens is 1. The first-order valence-electron chi connectivity index (χ1n) is 8.57. The van der Waals surface area contributed by atoms with Crippen LogP contribution in [0.3, 0.4) is 0 Å². The fourth-order valence-electron chi connectivity index (χ4n) is 3.25. The lowest BCUT2D eigenvalue weighted by Crippen LogP contribution is -2.40. The third-order valence-corrected chi connectivity index (χ3v) is 4.64. The van der Waals surface area contributed by atoms with Crippen LogP contribution in [-0.2, 0) is 13.1 Å². The number of rotatable bonds is 4. The Balaban J connectivity index is 0.00000225. The molecule has 2 heterocycles. The first-order chi connectivity index (χ1) is 11.6. The Morgan fingerprint density at radius 2 is 2.00 bits per heavy atom. The van der Waals surface area contributed by atoms with E-state index in [2.05, 4.69) is 58.4 Å². The average molecular weight is 453 g/mol. The molecule has 6 heteroatoms. The molecule has 0 radical (unpaired) electrons. The summed E-state index contributed by atoms with van der Waals surface area (Å²) in [6.07, 6.45) is 5.02. The van der Waals surface area contributed by atoms with Gasteiger partial charge >= 0.3 is 0 Å². The Kier molecular flexibility index (Phi) is 6.87. The molecule has 0 amide bonds. The zero-order valence-electron chi connectivity index (χ0n) is 15.3. The van der Waals surface area contributed by atoms with Crippen molar-refractivity contribution in [2.75, 3.05) is 20.1 Å². The van der Waals surface area contributed by atoms with Crippen molar-refractivity contribution >= 4 is 29.9 Å². The van der Waals surface area contributed by atoms with Crippen molar-refractivity contribution in [2.24, 2.45) is 10.4 Å². The monoisotopic (exact) mass is 453 g/mol. The SMILES string of the molecule is CN=C(NCc1ccccc1Cn1cccn1)N1CCC(C)(C)C1.I. The zero-order valence-corrected chi connectivity index (χ0v) is 17.6. The lowest BCUT2D eigenvalue weighted by molar-refractivity contribution is 0.370. The second-order valence-corrected chi connectivity index (χ2v) is 7.21. The minimum atomic E-state index is 0.